The van der Waals surface area contributed by atoms with Crippen molar-refractivity contribution < 1.29 is 4.74 Å². The van der Waals surface area contributed by atoms with Crippen molar-refractivity contribution in [3.8, 4) is 5.75 Å². The van der Waals surface area contributed by atoms with Crippen LogP contribution in [0.4, 0.5) is 0 Å². The predicted octanol–water partition coefficient (Wildman–Crippen LogP) is 3.34. The van der Waals surface area contributed by atoms with Crippen molar-refractivity contribution in [2.24, 2.45) is 0 Å². The van der Waals surface area contributed by atoms with E-state index in [-0.39, 0.29) is 0 Å². The molecule has 0 aromatic heterocycles. The summed E-state index contributed by atoms with van der Waals surface area (Å²) in [6.45, 7) is 3.19. The molecule has 1 aliphatic heterocycles. The van der Waals surface area contributed by atoms with E-state index in [1.54, 1.807) is 7.11 Å². The SMILES string of the molecule is COc1c(C)cc(CC2CCCCN2)cc1Cl. The lowest BCUT2D eigenvalue weighted by molar-refractivity contribution is 0.398. The van der Waals surface area contributed by atoms with Crippen molar-refractivity contribution in [3.05, 3.63) is 28.3 Å². The van der Waals surface area contributed by atoms with Gasteiger partial charge in [-0.25, -0.2) is 0 Å². The fourth-order valence-electron chi connectivity index (χ4n) is 2.56. The molecule has 2 rings (SSSR count). The van der Waals surface area contributed by atoms with Crippen molar-refractivity contribution in [1.29, 1.82) is 0 Å². The second kappa shape index (κ2) is 5.74. The Labute approximate surface area is 108 Å². The summed E-state index contributed by atoms with van der Waals surface area (Å²) in [5.41, 5.74) is 2.42. The number of nitrogens with one attached hydrogen (secondary N) is 1. The first-order valence-electron chi connectivity index (χ1n) is 6.27. The van der Waals surface area contributed by atoms with Gasteiger partial charge in [0.15, 0.2) is 0 Å². The summed E-state index contributed by atoms with van der Waals surface area (Å²) in [6.07, 6.45) is 4.96. The summed E-state index contributed by atoms with van der Waals surface area (Å²) in [7, 11) is 1.66. The third-order valence-electron chi connectivity index (χ3n) is 3.39. The molecule has 1 aliphatic rings. The number of methoxy groups -OCH3 is 1. The van der Waals surface area contributed by atoms with Gasteiger partial charge in [0, 0.05) is 6.04 Å². The highest BCUT2D eigenvalue weighted by atomic mass is 35.5. The molecule has 0 bridgehead atoms. The van der Waals surface area contributed by atoms with Crippen molar-refractivity contribution in [2.75, 3.05) is 13.7 Å². The number of hydrogen-bond acceptors (Lipinski definition) is 2. The molecule has 0 amide bonds. The van der Waals surface area contributed by atoms with E-state index in [0.29, 0.717) is 6.04 Å². The number of benzene rings is 1. The van der Waals surface area contributed by atoms with E-state index < -0.39 is 0 Å². The maximum Gasteiger partial charge on any atom is 0.140 e. The third kappa shape index (κ3) is 3.14. The van der Waals surface area contributed by atoms with Crippen LogP contribution >= 0.6 is 11.6 Å². The summed E-state index contributed by atoms with van der Waals surface area (Å²) >= 11 is 6.21. The van der Waals surface area contributed by atoms with Crippen molar-refractivity contribution >= 4 is 11.6 Å². The van der Waals surface area contributed by atoms with Gasteiger partial charge in [-0.15, -0.1) is 0 Å². The van der Waals surface area contributed by atoms with Gasteiger partial charge in [0.05, 0.1) is 12.1 Å². The van der Waals surface area contributed by atoms with Crippen LogP contribution in [0.1, 0.15) is 30.4 Å². The normalized spacial score (nSPS) is 20.3. The lowest BCUT2D eigenvalue weighted by Crippen LogP contribution is -2.35. The Morgan fingerprint density at radius 1 is 1.41 bits per heavy atom. The number of halogens is 1. The van der Waals surface area contributed by atoms with E-state index >= 15 is 0 Å². The number of rotatable bonds is 3. The second-order valence-corrected chi connectivity index (χ2v) is 5.19. The molecule has 0 radical (unpaired) electrons. The van der Waals surface area contributed by atoms with Crippen LogP contribution in [0.15, 0.2) is 12.1 Å². The van der Waals surface area contributed by atoms with Gasteiger partial charge in [-0.3, -0.25) is 0 Å². The van der Waals surface area contributed by atoms with Gasteiger partial charge < -0.3 is 10.1 Å². The Morgan fingerprint density at radius 3 is 2.82 bits per heavy atom. The molecule has 1 aromatic carbocycles. The van der Waals surface area contributed by atoms with Crippen LogP contribution in [0.2, 0.25) is 5.02 Å². The highest BCUT2D eigenvalue weighted by Gasteiger charge is 2.14. The molecule has 3 heteroatoms. The number of piperidine rings is 1. The minimum absolute atomic E-state index is 0.604. The fraction of sp³-hybridized carbons (Fsp3) is 0.571. The zero-order valence-electron chi connectivity index (χ0n) is 10.6. The highest BCUT2D eigenvalue weighted by Crippen LogP contribution is 2.30. The minimum Gasteiger partial charge on any atom is -0.495 e. The summed E-state index contributed by atoms with van der Waals surface area (Å²) in [4.78, 5) is 0. The maximum absolute atomic E-state index is 6.21. The first kappa shape index (κ1) is 12.7. The van der Waals surface area contributed by atoms with Gasteiger partial charge in [-0.2, -0.15) is 0 Å². The Morgan fingerprint density at radius 2 is 2.24 bits per heavy atom. The summed E-state index contributed by atoms with van der Waals surface area (Å²) < 4.78 is 5.27. The van der Waals surface area contributed by atoms with Crippen molar-refractivity contribution in [1.82, 2.24) is 5.32 Å². The molecule has 1 heterocycles. The zero-order valence-corrected chi connectivity index (χ0v) is 11.3. The van der Waals surface area contributed by atoms with Crippen LogP contribution in [-0.4, -0.2) is 19.7 Å². The predicted molar refractivity (Wildman–Crippen MR) is 72.1 cm³/mol. The minimum atomic E-state index is 0.604. The van der Waals surface area contributed by atoms with Crippen LogP contribution in [0.3, 0.4) is 0 Å². The first-order chi connectivity index (χ1) is 8.20. The van der Waals surface area contributed by atoms with Gasteiger partial charge >= 0.3 is 0 Å². The number of ether oxygens (including phenoxy) is 1. The molecule has 1 N–H and O–H groups in total. The molecule has 1 atom stereocenters. The zero-order chi connectivity index (χ0) is 12.3. The van der Waals surface area contributed by atoms with Crippen LogP contribution < -0.4 is 10.1 Å². The Hall–Kier alpha value is -0.730. The van der Waals surface area contributed by atoms with Gasteiger partial charge in [-0.05, 0) is 49.9 Å². The van der Waals surface area contributed by atoms with E-state index in [1.807, 2.05) is 13.0 Å². The molecule has 0 spiro atoms. The van der Waals surface area contributed by atoms with E-state index in [0.717, 1.165) is 29.3 Å². The van der Waals surface area contributed by atoms with Crippen LogP contribution in [-0.2, 0) is 6.42 Å². The highest BCUT2D eigenvalue weighted by molar-refractivity contribution is 6.32. The Kier molecular flexibility index (Phi) is 4.30. The lowest BCUT2D eigenvalue weighted by Gasteiger charge is -2.24. The summed E-state index contributed by atoms with van der Waals surface area (Å²) in [6, 6.07) is 4.82. The molecular formula is C14H20ClNO. The molecule has 1 saturated heterocycles. The maximum atomic E-state index is 6.21. The monoisotopic (exact) mass is 253 g/mol. The van der Waals surface area contributed by atoms with Crippen molar-refractivity contribution in [2.45, 2.75) is 38.6 Å². The third-order valence-corrected chi connectivity index (χ3v) is 3.67. The van der Waals surface area contributed by atoms with E-state index in [4.69, 9.17) is 16.3 Å². The largest absolute Gasteiger partial charge is 0.495 e. The number of aryl methyl sites for hydroxylation is 1. The molecular weight excluding hydrogens is 234 g/mol. The van der Waals surface area contributed by atoms with E-state index in [2.05, 4.69) is 11.4 Å². The van der Waals surface area contributed by atoms with Gasteiger partial charge in [0.25, 0.3) is 0 Å². The molecule has 1 fully saturated rings. The van der Waals surface area contributed by atoms with Gasteiger partial charge in [-0.1, -0.05) is 24.1 Å². The smallest absolute Gasteiger partial charge is 0.140 e. The molecule has 1 aromatic rings. The fourth-order valence-corrected chi connectivity index (χ4v) is 2.93. The van der Waals surface area contributed by atoms with Crippen LogP contribution in [0, 0.1) is 6.92 Å². The van der Waals surface area contributed by atoms with Crippen LogP contribution in [0.5, 0.6) is 5.75 Å². The molecule has 2 nitrogen and oxygen atoms in total. The lowest BCUT2D eigenvalue weighted by atomic mass is 9.97. The van der Waals surface area contributed by atoms with Gasteiger partial charge in [0.2, 0.25) is 0 Å². The molecule has 0 saturated carbocycles. The Balaban J connectivity index is 2.10. The molecule has 0 aliphatic carbocycles. The Bertz CT molecular complexity index is 363. The standard InChI is InChI=1S/C14H20ClNO/c1-10-7-11(9-13(15)14(10)17-2)8-12-5-3-4-6-16-12/h7,9,12,16H,3-6,8H2,1-2H3. The van der Waals surface area contributed by atoms with Crippen LogP contribution in [0.25, 0.3) is 0 Å². The van der Waals surface area contributed by atoms with E-state index in [1.165, 1.54) is 24.8 Å². The number of hydrogen-bond donors (Lipinski definition) is 1. The first-order valence-corrected chi connectivity index (χ1v) is 6.65. The van der Waals surface area contributed by atoms with Crippen molar-refractivity contribution in [3.63, 3.8) is 0 Å². The summed E-state index contributed by atoms with van der Waals surface area (Å²) in [5.74, 6) is 0.798. The molecule has 94 valence electrons. The van der Waals surface area contributed by atoms with Gasteiger partial charge in [0.1, 0.15) is 5.75 Å². The topological polar surface area (TPSA) is 21.3 Å². The average molecular weight is 254 g/mol. The molecule has 17 heavy (non-hydrogen) atoms. The van der Waals surface area contributed by atoms with E-state index in [9.17, 15) is 0 Å². The second-order valence-electron chi connectivity index (χ2n) is 4.78. The molecule has 1 unspecified atom stereocenters. The average Bonchev–Trinajstić information content (AvgIpc) is 2.30. The summed E-state index contributed by atoms with van der Waals surface area (Å²) in [5, 5.41) is 4.28. The quantitative estimate of drug-likeness (QED) is 0.892.